The first-order chi connectivity index (χ1) is 7.35. The van der Waals surface area contributed by atoms with E-state index in [1.807, 2.05) is 11.9 Å². The summed E-state index contributed by atoms with van der Waals surface area (Å²) >= 11 is 0. The van der Waals surface area contributed by atoms with Gasteiger partial charge in [0.2, 0.25) is 0 Å². The first-order valence-corrected chi connectivity index (χ1v) is 5.32. The van der Waals surface area contributed by atoms with Crippen molar-refractivity contribution >= 4 is 0 Å². The van der Waals surface area contributed by atoms with E-state index >= 15 is 0 Å². The summed E-state index contributed by atoms with van der Waals surface area (Å²) in [5, 5.41) is 2.84. The number of nitrogens with zero attached hydrogens (tertiary/aromatic N) is 1. The van der Waals surface area contributed by atoms with Crippen molar-refractivity contribution in [3.8, 4) is 0 Å². The number of hydrogen-bond donors (Lipinski definition) is 1. The molecule has 0 saturated carbocycles. The van der Waals surface area contributed by atoms with E-state index in [0.29, 0.717) is 19.7 Å². The zero-order valence-corrected chi connectivity index (χ0v) is 10.1. The Hall–Kier alpha value is -0.330. The predicted octanol–water partition coefficient (Wildman–Crippen LogP) is 1.50. The van der Waals surface area contributed by atoms with Gasteiger partial charge in [-0.1, -0.05) is 0 Å². The van der Waals surface area contributed by atoms with Crippen molar-refractivity contribution in [2.75, 3.05) is 40.4 Å². The second-order valence-electron chi connectivity index (χ2n) is 3.97. The van der Waals surface area contributed by atoms with Crippen LogP contribution in [-0.2, 0) is 4.74 Å². The quantitative estimate of drug-likeness (QED) is 0.698. The van der Waals surface area contributed by atoms with E-state index in [4.69, 9.17) is 4.74 Å². The Bertz CT molecular complexity index is 176. The van der Waals surface area contributed by atoms with Crippen LogP contribution in [0, 0.1) is 0 Å². The summed E-state index contributed by atoms with van der Waals surface area (Å²) in [7, 11) is 3.53. The maximum Gasteiger partial charge on any atom is 0.390 e. The van der Waals surface area contributed by atoms with Crippen molar-refractivity contribution in [1.29, 1.82) is 0 Å². The summed E-state index contributed by atoms with van der Waals surface area (Å²) in [6.07, 6.45) is -4.87. The van der Waals surface area contributed by atoms with Gasteiger partial charge in [0.1, 0.15) is 0 Å². The van der Waals surface area contributed by atoms with Crippen LogP contribution in [0.1, 0.15) is 13.3 Å². The summed E-state index contributed by atoms with van der Waals surface area (Å²) in [4.78, 5) is 2.01. The SMILES string of the molecule is COCCN(C)CCNC(C)CC(F)(F)F. The van der Waals surface area contributed by atoms with Gasteiger partial charge >= 0.3 is 6.18 Å². The molecular formula is C10H21F3N2O. The highest BCUT2D eigenvalue weighted by atomic mass is 19.4. The van der Waals surface area contributed by atoms with Crippen LogP contribution in [0.4, 0.5) is 13.2 Å². The van der Waals surface area contributed by atoms with Gasteiger partial charge < -0.3 is 15.0 Å². The van der Waals surface area contributed by atoms with Crippen LogP contribution in [-0.4, -0.2) is 57.5 Å². The molecule has 0 saturated heterocycles. The number of hydrogen-bond acceptors (Lipinski definition) is 3. The molecule has 0 radical (unpaired) electrons. The third-order valence-corrected chi connectivity index (χ3v) is 2.20. The smallest absolute Gasteiger partial charge is 0.383 e. The molecule has 3 nitrogen and oxygen atoms in total. The molecule has 0 aliphatic rings. The molecule has 0 fully saturated rings. The Morgan fingerprint density at radius 2 is 1.94 bits per heavy atom. The van der Waals surface area contributed by atoms with Crippen LogP contribution < -0.4 is 5.32 Å². The first-order valence-electron chi connectivity index (χ1n) is 5.32. The number of ether oxygens (including phenoxy) is 1. The van der Waals surface area contributed by atoms with E-state index in [1.54, 1.807) is 14.0 Å². The number of alkyl halides is 3. The van der Waals surface area contributed by atoms with Crippen LogP contribution in [0.15, 0.2) is 0 Å². The largest absolute Gasteiger partial charge is 0.390 e. The van der Waals surface area contributed by atoms with E-state index in [1.165, 1.54) is 0 Å². The van der Waals surface area contributed by atoms with Crippen LogP contribution in [0.5, 0.6) is 0 Å². The topological polar surface area (TPSA) is 24.5 Å². The lowest BCUT2D eigenvalue weighted by atomic mass is 10.2. The fourth-order valence-electron chi connectivity index (χ4n) is 1.28. The highest BCUT2D eigenvalue weighted by Gasteiger charge is 2.29. The van der Waals surface area contributed by atoms with Crippen molar-refractivity contribution in [1.82, 2.24) is 10.2 Å². The fraction of sp³-hybridized carbons (Fsp3) is 1.00. The van der Waals surface area contributed by atoms with Crippen molar-refractivity contribution in [3.63, 3.8) is 0 Å². The molecule has 0 aromatic rings. The van der Waals surface area contributed by atoms with Gasteiger partial charge in [0, 0.05) is 32.8 Å². The van der Waals surface area contributed by atoms with Gasteiger partial charge in [-0.05, 0) is 14.0 Å². The summed E-state index contributed by atoms with van der Waals surface area (Å²) in [5.41, 5.74) is 0. The van der Waals surface area contributed by atoms with E-state index in [-0.39, 0.29) is 0 Å². The second-order valence-corrected chi connectivity index (χ2v) is 3.97. The predicted molar refractivity (Wildman–Crippen MR) is 57.5 cm³/mol. The average Bonchev–Trinajstić information content (AvgIpc) is 2.11. The minimum absolute atomic E-state index is 0.532. The van der Waals surface area contributed by atoms with E-state index in [9.17, 15) is 13.2 Å². The van der Waals surface area contributed by atoms with Gasteiger partial charge in [0.05, 0.1) is 13.0 Å². The molecule has 0 spiro atoms. The first kappa shape index (κ1) is 15.7. The molecule has 0 aromatic carbocycles. The third kappa shape index (κ3) is 10.2. The number of halogens is 3. The minimum Gasteiger partial charge on any atom is -0.383 e. The number of nitrogens with one attached hydrogen (secondary N) is 1. The monoisotopic (exact) mass is 242 g/mol. The second kappa shape index (κ2) is 7.86. The molecule has 0 aliphatic carbocycles. The molecule has 98 valence electrons. The molecule has 1 N–H and O–H groups in total. The standard InChI is InChI=1S/C10H21F3N2O/c1-9(8-10(11,12)13)14-4-5-15(2)6-7-16-3/h9,14H,4-8H2,1-3H3. The Labute approximate surface area is 94.9 Å². The molecule has 0 heterocycles. The number of methoxy groups -OCH3 is 1. The van der Waals surface area contributed by atoms with Crippen LogP contribution in [0.3, 0.4) is 0 Å². The fourth-order valence-corrected chi connectivity index (χ4v) is 1.28. The lowest BCUT2D eigenvalue weighted by molar-refractivity contribution is -0.139. The van der Waals surface area contributed by atoms with Gasteiger partial charge in [-0.25, -0.2) is 0 Å². The lowest BCUT2D eigenvalue weighted by Crippen LogP contribution is -2.37. The third-order valence-electron chi connectivity index (χ3n) is 2.20. The zero-order chi connectivity index (χ0) is 12.6. The molecule has 0 bridgehead atoms. The summed E-state index contributed by atoms with van der Waals surface area (Å²) in [5.74, 6) is 0. The van der Waals surface area contributed by atoms with Gasteiger partial charge in [0.25, 0.3) is 0 Å². The summed E-state index contributed by atoms with van der Waals surface area (Å²) in [6, 6.07) is -0.532. The van der Waals surface area contributed by atoms with Crippen molar-refractivity contribution in [2.45, 2.75) is 25.6 Å². The van der Waals surface area contributed by atoms with E-state index in [0.717, 1.165) is 6.54 Å². The molecule has 0 aliphatic heterocycles. The van der Waals surface area contributed by atoms with Crippen molar-refractivity contribution in [2.24, 2.45) is 0 Å². The summed E-state index contributed by atoms with van der Waals surface area (Å²) in [6.45, 7) is 4.23. The highest BCUT2D eigenvalue weighted by molar-refractivity contribution is 4.66. The molecule has 1 unspecified atom stereocenters. The van der Waals surface area contributed by atoms with Crippen molar-refractivity contribution in [3.05, 3.63) is 0 Å². The number of likely N-dealkylation sites (N-methyl/N-ethyl adjacent to an activating group) is 1. The number of rotatable bonds is 8. The Balaban J connectivity index is 3.50. The Kier molecular flexibility index (Phi) is 7.70. The summed E-state index contributed by atoms with van der Waals surface area (Å²) < 4.78 is 40.9. The molecule has 0 rings (SSSR count). The Morgan fingerprint density at radius 3 is 2.44 bits per heavy atom. The highest BCUT2D eigenvalue weighted by Crippen LogP contribution is 2.20. The van der Waals surface area contributed by atoms with Gasteiger partial charge in [0.15, 0.2) is 0 Å². The van der Waals surface area contributed by atoms with Gasteiger partial charge in [-0.3, -0.25) is 0 Å². The maximum absolute atomic E-state index is 12.0. The molecule has 6 heteroatoms. The normalized spacial score (nSPS) is 14.4. The maximum atomic E-state index is 12.0. The zero-order valence-electron chi connectivity index (χ0n) is 10.1. The molecule has 0 aromatic heterocycles. The van der Waals surface area contributed by atoms with Crippen molar-refractivity contribution < 1.29 is 17.9 Å². The van der Waals surface area contributed by atoms with Crippen LogP contribution in [0.2, 0.25) is 0 Å². The lowest BCUT2D eigenvalue weighted by Gasteiger charge is -2.19. The molecule has 0 amide bonds. The van der Waals surface area contributed by atoms with E-state index < -0.39 is 18.6 Å². The molecular weight excluding hydrogens is 221 g/mol. The minimum atomic E-state index is -4.09. The average molecular weight is 242 g/mol. The van der Waals surface area contributed by atoms with E-state index in [2.05, 4.69) is 5.32 Å². The van der Waals surface area contributed by atoms with Crippen LogP contribution >= 0.6 is 0 Å². The Morgan fingerprint density at radius 1 is 1.31 bits per heavy atom. The van der Waals surface area contributed by atoms with Gasteiger partial charge in [-0.2, -0.15) is 13.2 Å². The van der Waals surface area contributed by atoms with Gasteiger partial charge in [-0.15, -0.1) is 0 Å². The van der Waals surface area contributed by atoms with Crippen LogP contribution in [0.25, 0.3) is 0 Å². The molecule has 16 heavy (non-hydrogen) atoms. The molecule has 1 atom stereocenters.